The molecule has 1 aliphatic rings. The Morgan fingerprint density at radius 3 is 1.38 bits per heavy atom. The van der Waals surface area contributed by atoms with Crippen LogP contribution in [0, 0.1) is 24.7 Å². The maximum absolute atomic E-state index is 2.52. The number of hydrogen-bond donors (Lipinski definition) is 0. The molecule has 75 valence electrons. The second kappa shape index (κ2) is 8.42. The molecule has 1 heteroatoms. The molecular weight excluding hydrogens is 233 g/mol. The van der Waals surface area contributed by atoms with Crippen LogP contribution in [0.4, 0.5) is 0 Å². The Balaban J connectivity index is 0.00000144. The standard InChI is InChI=1S/C12H22.Y/c1-3-11-7-5-9-12(4-2)10-6-8-11;/h5-6,11-12H,3-4,7-10H2,1-2H3;/q-2;. The van der Waals surface area contributed by atoms with Crippen LogP contribution in [-0.2, 0) is 32.7 Å². The van der Waals surface area contributed by atoms with Gasteiger partial charge in [0, 0.05) is 32.7 Å². The second-order valence-electron chi connectivity index (χ2n) is 4.07. The minimum absolute atomic E-state index is 0. The van der Waals surface area contributed by atoms with Gasteiger partial charge < -0.3 is 12.8 Å². The third-order valence-corrected chi connectivity index (χ3v) is 3.15. The van der Waals surface area contributed by atoms with Crippen molar-refractivity contribution in [2.45, 2.75) is 52.4 Å². The van der Waals surface area contributed by atoms with Gasteiger partial charge in [-0.1, -0.05) is 38.5 Å². The van der Waals surface area contributed by atoms with Crippen molar-refractivity contribution in [3.63, 3.8) is 0 Å². The van der Waals surface area contributed by atoms with E-state index in [9.17, 15) is 0 Å². The van der Waals surface area contributed by atoms with E-state index in [2.05, 4.69) is 26.7 Å². The fourth-order valence-corrected chi connectivity index (χ4v) is 1.99. The molecule has 0 N–H and O–H groups in total. The zero-order chi connectivity index (χ0) is 8.81. The average Bonchev–Trinajstić information content (AvgIpc) is 2.05. The van der Waals surface area contributed by atoms with E-state index in [1.807, 2.05) is 0 Å². The Bertz CT molecular complexity index is 89.7. The predicted molar refractivity (Wildman–Crippen MR) is 54.6 cm³/mol. The van der Waals surface area contributed by atoms with Crippen LogP contribution >= 0.6 is 0 Å². The summed E-state index contributed by atoms with van der Waals surface area (Å²) in [6.07, 6.45) is 13.2. The molecule has 0 aromatic carbocycles. The molecule has 0 aliphatic heterocycles. The summed E-state index contributed by atoms with van der Waals surface area (Å²) in [5, 5.41) is 0. The molecule has 0 spiro atoms. The van der Waals surface area contributed by atoms with Crippen LogP contribution in [0.25, 0.3) is 0 Å². The molecule has 1 radical (unpaired) electrons. The van der Waals surface area contributed by atoms with Crippen molar-refractivity contribution < 1.29 is 32.7 Å². The third-order valence-electron chi connectivity index (χ3n) is 3.15. The van der Waals surface area contributed by atoms with Crippen LogP contribution in [0.15, 0.2) is 0 Å². The molecule has 0 aromatic rings. The molecule has 0 aromatic heterocycles. The Hall–Kier alpha value is 1.10. The van der Waals surface area contributed by atoms with Gasteiger partial charge in [0.15, 0.2) is 0 Å². The van der Waals surface area contributed by atoms with Crippen molar-refractivity contribution in [3.05, 3.63) is 12.8 Å². The van der Waals surface area contributed by atoms with Gasteiger partial charge in [-0.15, -0.1) is 0 Å². The van der Waals surface area contributed by atoms with Crippen LogP contribution in [0.1, 0.15) is 52.4 Å². The third kappa shape index (κ3) is 5.52. The van der Waals surface area contributed by atoms with Crippen molar-refractivity contribution in [1.29, 1.82) is 0 Å². The van der Waals surface area contributed by atoms with E-state index < -0.39 is 0 Å². The maximum Gasteiger partial charge on any atom is 0 e. The maximum atomic E-state index is 2.52. The molecule has 13 heavy (non-hydrogen) atoms. The van der Waals surface area contributed by atoms with Crippen molar-refractivity contribution in [3.8, 4) is 0 Å². The van der Waals surface area contributed by atoms with Gasteiger partial charge in [-0.25, -0.2) is 0 Å². The molecule has 0 saturated heterocycles. The second-order valence-corrected chi connectivity index (χ2v) is 4.07. The first kappa shape index (κ1) is 14.1. The quantitative estimate of drug-likeness (QED) is 0.654. The molecule has 0 atom stereocenters. The average molecular weight is 255 g/mol. The predicted octanol–water partition coefficient (Wildman–Crippen LogP) is 4.02. The Labute approximate surface area is 109 Å². The molecule has 0 amide bonds. The van der Waals surface area contributed by atoms with Crippen LogP contribution in [0.3, 0.4) is 0 Å². The zero-order valence-corrected chi connectivity index (χ0v) is 12.0. The van der Waals surface area contributed by atoms with Gasteiger partial charge in [-0.05, 0) is 0 Å². The van der Waals surface area contributed by atoms with E-state index in [1.54, 1.807) is 0 Å². The SMILES string of the molecule is CCC1C[CH-]CC(CC)C[CH-]C1.[Y]. The first-order valence-corrected chi connectivity index (χ1v) is 5.50. The summed E-state index contributed by atoms with van der Waals surface area (Å²) in [6, 6.07) is 0. The first-order valence-electron chi connectivity index (χ1n) is 5.50. The van der Waals surface area contributed by atoms with Gasteiger partial charge in [0.05, 0.1) is 0 Å². The minimum atomic E-state index is 0. The zero-order valence-electron chi connectivity index (χ0n) is 9.13. The summed E-state index contributed by atoms with van der Waals surface area (Å²) in [5.41, 5.74) is 0. The van der Waals surface area contributed by atoms with Gasteiger partial charge >= 0.3 is 0 Å². The van der Waals surface area contributed by atoms with E-state index in [-0.39, 0.29) is 32.7 Å². The summed E-state index contributed by atoms with van der Waals surface area (Å²) >= 11 is 0. The van der Waals surface area contributed by atoms with Crippen LogP contribution in [0.5, 0.6) is 0 Å². The molecule has 1 saturated carbocycles. The fourth-order valence-electron chi connectivity index (χ4n) is 1.99. The monoisotopic (exact) mass is 255 g/mol. The Kier molecular flexibility index (Phi) is 9.13. The molecule has 1 aliphatic carbocycles. The van der Waals surface area contributed by atoms with Gasteiger partial charge in [-0.3, -0.25) is 0 Å². The first-order chi connectivity index (χ1) is 5.86. The molecule has 0 bridgehead atoms. The van der Waals surface area contributed by atoms with Gasteiger partial charge in [0.2, 0.25) is 0 Å². The molecule has 0 nitrogen and oxygen atoms in total. The normalized spacial score (nSPS) is 30.0. The van der Waals surface area contributed by atoms with Crippen LogP contribution in [-0.4, -0.2) is 0 Å². The number of hydrogen-bond acceptors (Lipinski definition) is 0. The van der Waals surface area contributed by atoms with Crippen molar-refractivity contribution >= 4 is 0 Å². The van der Waals surface area contributed by atoms with Gasteiger partial charge in [-0.2, -0.15) is 25.7 Å². The molecule has 0 unspecified atom stereocenters. The fraction of sp³-hybridized carbons (Fsp3) is 0.833. The van der Waals surface area contributed by atoms with E-state index >= 15 is 0 Å². The van der Waals surface area contributed by atoms with E-state index in [4.69, 9.17) is 0 Å². The van der Waals surface area contributed by atoms with Crippen LogP contribution < -0.4 is 0 Å². The molecular formula is C12H22Y-2. The summed E-state index contributed by atoms with van der Waals surface area (Å²) in [5.74, 6) is 1.89. The Morgan fingerprint density at radius 1 is 0.846 bits per heavy atom. The van der Waals surface area contributed by atoms with Crippen molar-refractivity contribution in [1.82, 2.24) is 0 Å². The van der Waals surface area contributed by atoms with E-state index in [0.717, 1.165) is 11.8 Å². The van der Waals surface area contributed by atoms with Crippen molar-refractivity contribution in [2.75, 3.05) is 0 Å². The largest absolute Gasteiger partial charge is 0.328 e. The summed E-state index contributed by atoms with van der Waals surface area (Å²) < 4.78 is 0. The molecule has 0 heterocycles. The summed E-state index contributed by atoms with van der Waals surface area (Å²) in [4.78, 5) is 0. The molecule has 1 rings (SSSR count). The van der Waals surface area contributed by atoms with E-state index in [0.29, 0.717) is 0 Å². The minimum Gasteiger partial charge on any atom is -0.328 e. The van der Waals surface area contributed by atoms with Gasteiger partial charge in [0.25, 0.3) is 0 Å². The van der Waals surface area contributed by atoms with Crippen LogP contribution in [0.2, 0.25) is 0 Å². The summed E-state index contributed by atoms with van der Waals surface area (Å²) in [6.45, 7) is 4.62. The smallest absolute Gasteiger partial charge is 0 e. The molecule has 1 fully saturated rings. The topological polar surface area (TPSA) is 0 Å². The van der Waals surface area contributed by atoms with Crippen molar-refractivity contribution in [2.24, 2.45) is 11.8 Å². The van der Waals surface area contributed by atoms with E-state index in [1.165, 1.54) is 38.5 Å². The van der Waals surface area contributed by atoms with Gasteiger partial charge in [0.1, 0.15) is 0 Å². The summed E-state index contributed by atoms with van der Waals surface area (Å²) in [7, 11) is 0. The number of rotatable bonds is 2. The Morgan fingerprint density at radius 2 is 1.15 bits per heavy atom.